The van der Waals surface area contributed by atoms with Crippen LogP contribution in [0.1, 0.15) is 17.5 Å². The summed E-state index contributed by atoms with van der Waals surface area (Å²) in [7, 11) is 0. The first-order chi connectivity index (χ1) is 9.27. The summed E-state index contributed by atoms with van der Waals surface area (Å²) in [6.07, 6.45) is 2.53. The van der Waals surface area contributed by atoms with Gasteiger partial charge in [-0.1, -0.05) is 36.4 Å². The number of para-hydroxylation sites is 2. The molecule has 0 atom stereocenters. The average molecular weight is 254 g/mol. The Morgan fingerprint density at radius 1 is 0.684 bits per heavy atom. The third kappa shape index (κ3) is 2.05. The Bertz CT molecular complexity index is 595. The van der Waals surface area contributed by atoms with Crippen LogP contribution in [0.3, 0.4) is 0 Å². The minimum atomic E-state index is 0.439. The summed E-state index contributed by atoms with van der Waals surface area (Å²) in [5.74, 6) is 0. The maximum absolute atomic E-state index is 12.2. The van der Waals surface area contributed by atoms with E-state index in [0.29, 0.717) is 21.1 Å². The van der Waals surface area contributed by atoms with Gasteiger partial charge in [0, 0.05) is 23.3 Å². The molecule has 0 N–H and O–H groups in total. The van der Waals surface area contributed by atoms with Gasteiger partial charge in [-0.15, -0.1) is 0 Å². The number of benzene rings is 2. The molecule has 0 spiro atoms. The Hall–Kier alpha value is -2.36. The van der Waals surface area contributed by atoms with Crippen LogP contribution in [0.5, 0.6) is 0 Å². The Morgan fingerprint density at radius 2 is 1.11 bits per heavy atom. The molecule has 0 radical (unpaired) electrons. The van der Waals surface area contributed by atoms with Crippen molar-refractivity contribution in [3.63, 3.8) is 0 Å². The summed E-state index contributed by atoms with van der Waals surface area (Å²) < 4.78 is 0. The Kier molecular flexibility index (Phi) is 2.91. The zero-order valence-corrected chi connectivity index (χ0v) is 10.5. The van der Waals surface area contributed by atoms with Crippen LogP contribution in [0.4, 0.5) is 11.4 Å². The molecular weight excluding hydrogens is 240 g/mol. The summed E-state index contributed by atoms with van der Waals surface area (Å²) in [4.78, 5) is 0.888. The van der Waals surface area contributed by atoms with Gasteiger partial charge < -0.3 is 10.4 Å². The number of fused-ring (bicyclic) bond motifs is 2. The van der Waals surface area contributed by atoms with E-state index < -0.39 is 0 Å². The molecule has 0 saturated carbocycles. The van der Waals surface area contributed by atoms with Crippen LogP contribution in [0.25, 0.3) is 0 Å². The standard InChI is InChI=1S/C15H14N2O2/c18-16-14-10-3-1-6-12(14)8-5-9-13-7-2-4-11-15(13)17(16)19/h1-4,6-7,10-11H,5,8-9H2/b17-16-. The van der Waals surface area contributed by atoms with Crippen LogP contribution in [-0.4, -0.2) is 9.72 Å². The van der Waals surface area contributed by atoms with Gasteiger partial charge in [0.05, 0.1) is 9.72 Å². The molecule has 0 fully saturated rings. The number of rotatable bonds is 0. The van der Waals surface area contributed by atoms with Crippen molar-refractivity contribution >= 4 is 11.4 Å². The predicted octanol–water partition coefficient (Wildman–Crippen LogP) is 3.61. The van der Waals surface area contributed by atoms with Crippen LogP contribution < -0.4 is 0 Å². The molecule has 2 aromatic carbocycles. The zero-order chi connectivity index (χ0) is 13.2. The molecule has 4 heteroatoms. The van der Waals surface area contributed by atoms with Crippen molar-refractivity contribution in [2.45, 2.75) is 19.3 Å². The van der Waals surface area contributed by atoms with Gasteiger partial charge in [0.2, 0.25) is 0 Å². The SMILES string of the molecule is [O-]/[N+]1=[N+](\[O-])c2ccccc2CCCc2ccccc21. The van der Waals surface area contributed by atoms with Crippen LogP contribution in [0.2, 0.25) is 0 Å². The normalized spacial score (nSPS) is 18.7. The number of hydrogen-bond donors (Lipinski definition) is 0. The predicted molar refractivity (Wildman–Crippen MR) is 71.5 cm³/mol. The van der Waals surface area contributed by atoms with Crippen molar-refractivity contribution < 1.29 is 9.72 Å². The molecule has 1 heterocycles. The highest BCUT2D eigenvalue weighted by molar-refractivity contribution is 5.42. The van der Waals surface area contributed by atoms with Gasteiger partial charge in [0.1, 0.15) is 0 Å². The smallest absolute Gasteiger partial charge is 0.290 e. The van der Waals surface area contributed by atoms with Crippen LogP contribution >= 0.6 is 0 Å². The monoisotopic (exact) mass is 254 g/mol. The molecule has 96 valence electrons. The third-order valence-electron chi connectivity index (χ3n) is 3.45. The van der Waals surface area contributed by atoms with E-state index >= 15 is 0 Å². The first kappa shape index (κ1) is 11.7. The molecule has 0 aliphatic carbocycles. The summed E-state index contributed by atoms with van der Waals surface area (Å²) in [6.45, 7) is 0. The second kappa shape index (κ2) is 4.72. The molecular formula is C15H14N2O2. The van der Waals surface area contributed by atoms with Crippen molar-refractivity contribution in [1.82, 2.24) is 0 Å². The molecule has 1 aliphatic heterocycles. The summed E-state index contributed by atoms with van der Waals surface area (Å²) in [5.41, 5.74) is 2.72. The second-order valence-corrected chi connectivity index (χ2v) is 4.66. The van der Waals surface area contributed by atoms with Crippen LogP contribution in [-0.2, 0) is 12.8 Å². The van der Waals surface area contributed by atoms with E-state index in [-0.39, 0.29) is 0 Å². The van der Waals surface area contributed by atoms with E-state index in [9.17, 15) is 10.4 Å². The van der Waals surface area contributed by atoms with Crippen molar-refractivity contribution in [2.75, 3.05) is 0 Å². The number of hydrogen-bond acceptors (Lipinski definition) is 2. The quantitative estimate of drug-likeness (QED) is 0.532. The van der Waals surface area contributed by atoms with Crippen LogP contribution in [0.15, 0.2) is 48.5 Å². The summed E-state index contributed by atoms with van der Waals surface area (Å²) in [5, 5.41) is 24.5. The fourth-order valence-corrected chi connectivity index (χ4v) is 2.48. The molecule has 3 rings (SSSR count). The van der Waals surface area contributed by atoms with E-state index in [1.165, 1.54) is 0 Å². The molecule has 0 amide bonds. The maximum Gasteiger partial charge on any atom is 0.290 e. The van der Waals surface area contributed by atoms with Gasteiger partial charge in [-0.3, -0.25) is 0 Å². The highest BCUT2D eigenvalue weighted by Crippen LogP contribution is 2.27. The maximum atomic E-state index is 12.2. The molecule has 0 bridgehead atoms. The topological polar surface area (TPSA) is 52.1 Å². The Balaban J connectivity index is 2.23. The lowest BCUT2D eigenvalue weighted by Gasteiger charge is -2.05. The number of azo groups is 1. The molecule has 19 heavy (non-hydrogen) atoms. The molecule has 4 nitrogen and oxygen atoms in total. The number of nitrogens with zero attached hydrogens (tertiary/aromatic N) is 2. The van der Waals surface area contributed by atoms with Gasteiger partial charge in [-0.2, -0.15) is 0 Å². The molecule has 0 unspecified atom stereocenters. The van der Waals surface area contributed by atoms with Crippen molar-refractivity contribution in [3.8, 4) is 0 Å². The van der Waals surface area contributed by atoms with Crippen molar-refractivity contribution in [3.05, 3.63) is 70.1 Å². The van der Waals surface area contributed by atoms with Gasteiger partial charge in [0.15, 0.2) is 0 Å². The van der Waals surface area contributed by atoms with E-state index in [4.69, 9.17) is 0 Å². The van der Waals surface area contributed by atoms with E-state index in [2.05, 4.69) is 0 Å². The Morgan fingerprint density at radius 3 is 1.58 bits per heavy atom. The van der Waals surface area contributed by atoms with Gasteiger partial charge in [-0.05, 0) is 19.3 Å². The number of aryl methyl sites for hydroxylation is 2. The van der Waals surface area contributed by atoms with E-state index in [0.717, 1.165) is 30.4 Å². The minimum absolute atomic E-state index is 0.439. The van der Waals surface area contributed by atoms with Crippen LogP contribution in [0, 0.1) is 10.4 Å². The first-order valence-corrected chi connectivity index (χ1v) is 6.37. The largest absolute Gasteiger partial charge is 0.561 e. The Labute approximate surface area is 111 Å². The van der Waals surface area contributed by atoms with Gasteiger partial charge in [-0.25, -0.2) is 0 Å². The van der Waals surface area contributed by atoms with Crippen molar-refractivity contribution in [1.29, 1.82) is 0 Å². The van der Waals surface area contributed by atoms with E-state index in [1.807, 2.05) is 24.3 Å². The van der Waals surface area contributed by atoms with Gasteiger partial charge >= 0.3 is 0 Å². The van der Waals surface area contributed by atoms with Gasteiger partial charge in [0.25, 0.3) is 11.4 Å². The zero-order valence-electron chi connectivity index (χ0n) is 10.5. The lowest BCUT2D eigenvalue weighted by atomic mass is 10.0. The fourth-order valence-electron chi connectivity index (χ4n) is 2.48. The summed E-state index contributed by atoms with van der Waals surface area (Å²) >= 11 is 0. The average Bonchev–Trinajstić information content (AvgIpc) is 2.51. The lowest BCUT2D eigenvalue weighted by Crippen LogP contribution is -2.10. The minimum Gasteiger partial charge on any atom is -0.561 e. The molecule has 0 aromatic heterocycles. The van der Waals surface area contributed by atoms with E-state index in [1.54, 1.807) is 24.3 Å². The molecule has 1 aliphatic rings. The highest BCUT2D eigenvalue weighted by atomic mass is 16.6. The fraction of sp³-hybridized carbons (Fsp3) is 0.200. The lowest BCUT2D eigenvalue weighted by molar-refractivity contribution is -0.896. The first-order valence-electron chi connectivity index (χ1n) is 6.37. The second-order valence-electron chi connectivity index (χ2n) is 4.66. The van der Waals surface area contributed by atoms with Crippen molar-refractivity contribution in [2.24, 2.45) is 0 Å². The molecule has 2 aromatic rings. The highest BCUT2D eigenvalue weighted by Gasteiger charge is 2.23. The third-order valence-corrected chi connectivity index (χ3v) is 3.45. The molecule has 0 saturated heterocycles. The summed E-state index contributed by atoms with van der Waals surface area (Å²) in [6, 6.07) is 14.6.